The number of aromatic nitrogens is 1. The van der Waals surface area contributed by atoms with Crippen LogP contribution >= 0.6 is 11.6 Å². The maximum Gasteiger partial charge on any atom is 0.125 e. The number of fused-ring (bicyclic) bond motifs is 1. The second-order valence-corrected chi connectivity index (χ2v) is 5.58. The van der Waals surface area contributed by atoms with Crippen molar-refractivity contribution in [3.63, 3.8) is 0 Å². The summed E-state index contributed by atoms with van der Waals surface area (Å²) in [4.78, 5) is 4.29. The predicted octanol–water partition coefficient (Wildman–Crippen LogP) is 3.22. The summed E-state index contributed by atoms with van der Waals surface area (Å²) < 4.78 is 5.72. The standard InChI is InChI=1S/C16H17ClN2O/c1-10-14(3-2-5-19-10)15(18)9-12-8-13(17)7-11-4-6-20-16(11)12/h2-3,5,7-8,15H,4,6,9,18H2,1H3. The third-order valence-electron chi connectivity index (χ3n) is 3.71. The fourth-order valence-corrected chi connectivity index (χ4v) is 3.00. The van der Waals surface area contributed by atoms with Gasteiger partial charge in [0.25, 0.3) is 0 Å². The Kier molecular flexibility index (Phi) is 3.64. The number of rotatable bonds is 3. The molecule has 104 valence electrons. The van der Waals surface area contributed by atoms with Crippen molar-refractivity contribution in [1.29, 1.82) is 0 Å². The second-order valence-electron chi connectivity index (χ2n) is 5.14. The normalized spacial score (nSPS) is 14.8. The van der Waals surface area contributed by atoms with Crippen LogP contribution in [0.2, 0.25) is 5.02 Å². The van der Waals surface area contributed by atoms with Crippen LogP contribution in [0.1, 0.15) is 28.4 Å². The highest BCUT2D eigenvalue weighted by Crippen LogP contribution is 2.35. The van der Waals surface area contributed by atoms with Gasteiger partial charge in [-0.2, -0.15) is 0 Å². The molecule has 3 rings (SSSR count). The summed E-state index contributed by atoms with van der Waals surface area (Å²) in [6, 6.07) is 7.78. The van der Waals surface area contributed by atoms with E-state index in [1.807, 2.05) is 31.2 Å². The molecule has 0 radical (unpaired) electrons. The SMILES string of the molecule is Cc1ncccc1C(N)Cc1cc(Cl)cc2c1OCC2. The van der Waals surface area contributed by atoms with Crippen molar-refractivity contribution in [2.75, 3.05) is 6.61 Å². The van der Waals surface area contributed by atoms with E-state index in [2.05, 4.69) is 4.98 Å². The van der Waals surface area contributed by atoms with E-state index < -0.39 is 0 Å². The smallest absolute Gasteiger partial charge is 0.125 e. The summed E-state index contributed by atoms with van der Waals surface area (Å²) >= 11 is 6.18. The van der Waals surface area contributed by atoms with Gasteiger partial charge in [0.1, 0.15) is 5.75 Å². The van der Waals surface area contributed by atoms with Crippen LogP contribution in [0.4, 0.5) is 0 Å². The van der Waals surface area contributed by atoms with Gasteiger partial charge in [-0.3, -0.25) is 4.98 Å². The van der Waals surface area contributed by atoms with Crippen LogP contribution in [0.3, 0.4) is 0 Å². The molecule has 1 atom stereocenters. The first-order valence-electron chi connectivity index (χ1n) is 6.76. The number of hydrogen-bond donors (Lipinski definition) is 1. The molecule has 20 heavy (non-hydrogen) atoms. The first-order chi connectivity index (χ1) is 9.65. The molecular weight excluding hydrogens is 272 g/mol. The van der Waals surface area contributed by atoms with E-state index in [0.717, 1.165) is 40.6 Å². The van der Waals surface area contributed by atoms with Crippen LogP contribution in [0.5, 0.6) is 5.75 Å². The molecule has 1 unspecified atom stereocenters. The third kappa shape index (κ3) is 2.51. The van der Waals surface area contributed by atoms with Crippen molar-refractivity contribution in [2.45, 2.75) is 25.8 Å². The molecule has 0 amide bonds. The van der Waals surface area contributed by atoms with E-state index in [9.17, 15) is 0 Å². The highest BCUT2D eigenvalue weighted by molar-refractivity contribution is 6.30. The fourth-order valence-electron chi connectivity index (χ4n) is 2.73. The van der Waals surface area contributed by atoms with Crippen LogP contribution in [-0.2, 0) is 12.8 Å². The van der Waals surface area contributed by atoms with Crippen molar-refractivity contribution >= 4 is 11.6 Å². The third-order valence-corrected chi connectivity index (χ3v) is 3.93. The average Bonchev–Trinajstić information content (AvgIpc) is 2.87. The van der Waals surface area contributed by atoms with E-state index >= 15 is 0 Å². The van der Waals surface area contributed by atoms with Gasteiger partial charge in [-0.05, 0) is 48.2 Å². The molecule has 1 aliphatic rings. The molecule has 2 heterocycles. The second kappa shape index (κ2) is 5.43. The summed E-state index contributed by atoms with van der Waals surface area (Å²) in [6.45, 7) is 2.71. The number of nitrogens with zero attached hydrogens (tertiary/aromatic N) is 1. The summed E-state index contributed by atoms with van der Waals surface area (Å²) in [5.74, 6) is 0.964. The molecule has 2 aromatic rings. The maximum absolute atomic E-state index is 6.33. The predicted molar refractivity (Wildman–Crippen MR) is 80.3 cm³/mol. The lowest BCUT2D eigenvalue weighted by Crippen LogP contribution is -2.15. The molecule has 0 spiro atoms. The zero-order valence-corrected chi connectivity index (χ0v) is 12.2. The summed E-state index contributed by atoms with van der Waals surface area (Å²) in [7, 11) is 0. The molecule has 4 heteroatoms. The maximum atomic E-state index is 6.33. The Labute approximate surface area is 123 Å². The van der Waals surface area contributed by atoms with Crippen molar-refractivity contribution in [3.05, 3.63) is 57.9 Å². The van der Waals surface area contributed by atoms with Crippen molar-refractivity contribution in [3.8, 4) is 5.75 Å². The average molecular weight is 289 g/mol. The van der Waals surface area contributed by atoms with Gasteiger partial charge < -0.3 is 10.5 Å². The quantitative estimate of drug-likeness (QED) is 0.943. The molecule has 3 nitrogen and oxygen atoms in total. The first-order valence-corrected chi connectivity index (χ1v) is 7.14. The van der Waals surface area contributed by atoms with Gasteiger partial charge in [-0.25, -0.2) is 0 Å². The Morgan fingerprint density at radius 2 is 2.30 bits per heavy atom. The summed E-state index contributed by atoms with van der Waals surface area (Å²) in [5.41, 5.74) is 10.6. The number of aryl methyl sites for hydroxylation is 1. The molecule has 1 aromatic carbocycles. The zero-order valence-electron chi connectivity index (χ0n) is 11.4. The lowest BCUT2D eigenvalue weighted by atomic mass is 9.96. The molecule has 0 aliphatic carbocycles. The van der Waals surface area contributed by atoms with Crippen LogP contribution in [0.25, 0.3) is 0 Å². The molecule has 0 fully saturated rings. The number of halogens is 1. The minimum Gasteiger partial charge on any atom is -0.493 e. The van der Waals surface area contributed by atoms with E-state index in [1.54, 1.807) is 6.20 Å². The number of hydrogen-bond acceptors (Lipinski definition) is 3. The Balaban J connectivity index is 1.90. The fraction of sp³-hybridized carbons (Fsp3) is 0.312. The molecule has 2 N–H and O–H groups in total. The highest BCUT2D eigenvalue weighted by atomic mass is 35.5. The molecule has 1 aromatic heterocycles. The van der Waals surface area contributed by atoms with Crippen LogP contribution in [-0.4, -0.2) is 11.6 Å². The lowest BCUT2D eigenvalue weighted by molar-refractivity contribution is 0.352. The van der Waals surface area contributed by atoms with Crippen LogP contribution < -0.4 is 10.5 Å². The summed E-state index contributed by atoms with van der Waals surface area (Å²) in [5, 5.41) is 0.749. The van der Waals surface area contributed by atoms with Gasteiger partial charge in [0.05, 0.1) is 6.61 Å². The molecule has 0 bridgehead atoms. The lowest BCUT2D eigenvalue weighted by Gasteiger charge is -2.16. The minimum atomic E-state index is -0.101. The molecule has 1 aliphatic heterocycles. The van der Waals surface area contributed by atoms with Gasteiger partial charge in [0.15, 0.2) is 0 Å². The van der Waals surface area contributed by atoms with Gasteiger partial charge in [0.2, 0.25) is 0 Å². The Morgan fingerprint density at radius 3 is 3.10 bits per heavy atom. The van der Waals surface area contributed by atoms with Gasteiger partial charge in [0, 0.05) is 29.4 Å². The topological polar surface area (TPSA) is 48.1 Å². The minimum absolute atomic E-state index is 0.101. The van der Waals surface area contributed by atoms with Gasteiger partial charge in [-0.1, -0.05) is 17.7 Å². The van der Waals surface area contributed by atoms with Crippen molar-refractivity contribution in [2.24, 2.45) is 5.73 Å². The monoisotopic (exact) mass is 288 g/mol. The molecule has 0 saturated heterocycles. The molecule has 0 saturated carbocycles. The van der Waals surface area contributed by atoms with E-state index in [0.29, 0.717) is 6.42 Å². The Hall–Kier alpha value is -1.58. The van der Waals surface area contributed by atoms with Crippen molar-refractivity contribution < 1.29 is 4.74 Å². The van der Waals surface area contributed by atoms with E-state index in [4.69, 9.17) is 22.1 Å². The van der Waals surface area contributed by atoms with Gasteiger partial charge >= 0.3 is 0 Å². The number of nitrogens with two attached hydrogens (primary N) is 1. The van der Waals surface area contributed by atoms with Crippen molar-refractivity contribution in [1.82, 2.24) is 4.98 Å². The highest BCUT2D eigenvalue weighted by Gasteiger charge is 2.20. The van der Waals surface area contributed by atoms with Crippen LogP contribution in [0, 0.1) is 6.92 Å². The van der Waals surface area contributed by atoms with E-state index in [1.165, 1.54) is 5.56 Å². The number of benzene rings is 1. The first kappa shape index (κ1) is 13.4. The number of pyridine rings is 1. The largest absolute Gasteiger partial charge is 0.493 e. The Bertz CT molecular complexity index is 642. The Morgan fingerprint density at radius 1 is 1.45 bits per heavy atom. The zero-order chi connectivity index (χ0) is 14.1. The molecular formula is C16H17ClN2O. The summed E-state index contributed by atoms with van der Waals surface area (Å²) in [6.07, 6.45) is 3.41. The van der Waals surface area contributed by atoms with E-state index in [-0.39, 0.29) is 6.04 Å². The van der Waals surface area contributed by atoms with Gasteiger partial charge in [-0.15, -0.1) is 0 Å². The number of ether oxygens (including phenoxy) is 1. The van der Waals surface area contributed by atoms with Crippen LogP contribution in [0.15, 0.2) is 30.5 Å².